The normalized spacial score (nSPS) is 12.4. The molecule has 0 saturated heterocycles. The molecule has 0 amide bonds. The maximum atomic E-state index is 5.78. The van der Waals surface area contributed by atoms with Crippen molar-refractivity contribution in [2.24, 2.45) is 5.92 Å². The molecule has 0 aromatic heterocycles. The van der Waals surface area contributed by atoms with Gasteiger partial charge in [0.1, 0.15) is 11.5 Å². The molecule has 0 aliphatic rings. The fourth-order valence-electron chi connectivity index (χ4n) is 1.26. The van der Waals surface area contributed by atoms with Gasteiger partial charge in [-0.05, 0) is 36.6 Å². The Morgan fingerprint density at radius 3 is 2.50 bits per heavy atom. The number of hydrogen-bond acceptors (Lipinski definition) is 1. The molecular weight excluding hydrogens is 196 g/mol. The van der Waals surface area contributed by atoms with Gasteiger partial charge >= 0.3 is 0 Å². The summed E-state index contributed by atoms with van der Waals surface area (Å²) in [7, 11) is 0. The van der Waals surface area contributed by atoms with Gasteiger partial charge in [-0.2, -0.15) is 0 Å². The molecule has 0 aliphatic heterocycles. The van der Waals surface area contributed by atoms with Crippen molar-refractivity contribution >= 4 is 0 Å². The maximum absolute atomic E-state index is 5.78. The topological polar surface area (TPSA) is 9.23 Å². The van der Waals surface area contributed by atoms with Crippen molar-refractivity contribution in [1.29, 1.82) is 0 Å². The predicted octanol–water partition coefficient (Wildman–Crippen LogP) is 4.57. The van der Waals surface area contributed by atoms with E-state index >= 15 is 0 Å². The SMILES string of the molecule is CC/C=C(\C=C/C(C)C)Oc1ccccc1. The Balaban J connectivity index is 2.70. The smallest absolute Gasteiger partial charge is 0.127 e. The van der Waals surface area contributed by atoms with Gasteiger partial charge in [-0.15, -0.1) is 0 Å². The van der Waals surface area contributed by atoms with Crippen molar-refractivity contribution in [3.05, 3.63) is 54.3 Å². The molecular formula is C15H20O. The largest absolute Gasteiger partial charge is 0.458 e. The van der Waals surface area contributed by atoms with Crippen LogP contribution in [0.2, 0.25) is 0 Å². The van der Waals surface area contributed by atoms with E-state index in [9.17, 15) is 0 Å². The lowest BCUT2D eigenvalue weighted by molar-refractivity contribution is 0.441. The number of allylic oxidation sites excluding steroid dienone is 3. The van der Waals surface area contributed by atoms with Crippen molar-refractivity contribution in [3.63, 3.8) is 0 Å². The summed E-state index contributed by atoms with van der Waals surface area (Å²) in [6.45, 7) is 6.42. The third-order valence-electron chi connectivity index (χ3n) is 2.03. The van der Waals surface area contributed by atoms with Gasteiger partial charge in [0.15, 0.2) is 0 Å². The van der Waals surface area contributed by atoms with Crippen molar-refractivity contribution in [2.45, 2.75) is 27.2 Å². The van der Waals surface area contributed by atoms with E-state index in [2.05, 4.69) is 32.9 Å². The molecule has 1 aromatic carbocycles. The van der Waals surface area contributed by atoms with E-state index in [4.69, 9.17) is 4.74 Å². The first kappa shape index (κ1) is 12.6. The average Bonchev–Trinajstić information content (AvgIpc) is 2.27. The zero-order valence-corrected chi connectivity index (χ0v) is 10.3. The van der Waals surface area contributed by atoms with E-state index in [1.54, 1.807) is 0 Å². The van der Waals surface area contributed by atoms with Gasteiger partial charge in [-0.3, -0.25) is 0 Å². The van der Waals surface area contributed by atoms with Gasteiger partial charge < -0.3 is 4.74 Å². The lowest BCUT2D eigenvalue weighted by atomic mass is 10.2. The highest BCUT2D eigenvalue weighted by Crippen LogP contribution is 2.14. The van der Waals surface area contributed by atoms with E-state index in [0.29, 0.717) is 5.92 Å². The molecule has 16 heavy (non-hydrogen) atoms. The van der Waals surface area contributed by atoms with Crippen LogP contribution < -0.4 is 4.74 Å². The van der Waals surface area contributed by atoms with Crippen LogP contribution in [0.15, 0.2) is 54.3 Å². The predicted molar refractivity (Wildman–Crippen MR) is 69.4 cm³/mol. The van der Waals surface area contributed by atoms with Crippen molar-refractivity contribution < 1.29 is 4.74 Å². The summed E-state index contributed by atoms with van der Waals surface area (Å²) in [4.78, 5) is 0. The monoisotopic (exact) mass is 216 g/mol. The second kappa shape index (κ2) is 6.89. The number of rotatable bonds is 5. The Labute approximate surface area is 98.5 Å². The Morgan fingerprint density at radius 2 is 1.94 bits per heavy atom. The molecule has 1 heteroatoms. The second-order valence-corrected chi connectivity index (χ2v) is 4.03. The van der Waals surface area contributed by atoms with Gasteiger partial charge in [-0.1, -0.05) is 45.0 Å². The number of ether oxygens (including phenoxy) is 1. The summed E-state index contributed by atoms with van der Waals surface area (Å²) >= 11 is 0. The zero-order chi connectivity index (χ0) is 11.8. The van der Waals surface area contributed by atoms with Crippen LogP contribution in [0.3, 0.4) is 0 Å². The number of benzene rings is 1. The van der Waals surface area contributed by atoms with Crippen molar-refractivity contribution in [2.75, 3.05) is 0 Å². The Hall–Kier alpha value is -1.50. The Morgan fingerprint density at radius 1 is 1.25 bits per heavy atom. The highest BCUT2D eigenvalue weighted by atomic mass is 16.5. The number of para-hydroxylation sites is 1. The highest BCUT2D eigenvalue weighted by molar-refractivity contribution is 5.26. The molecule has 1 aromatic rings. The third kappa shape index (κ3) is 4.83. The van der Waals surface area contributed by atoms with E-state index in [-0.39, 0.29) is 0 Å². The van der Waals surface area contributed by atoms with E-state index in [1.165, 1.54) is 0 Å². The minimum Gasteiger partial charge on any atom is -0.458 e. The van der Waals surface area contributed by atoms with Gasteiger partial charge in [-0.25, -0.2) is 0 Å². The maximum Gasteiger partial charge on any atom is 0.127 e. The molecule has 0 saturated carbocycles. The van der Waals surface area contributed by atoms with Crippen LogP contribution >= 0.6 is 0 Å². The Kier molecular flexibility index (Phi) is 5.41. The first-order valence-corrected chi connectivity index (χ1v) is 5.83. The lowest BCUT2D eigenvalue weighted by Gasteiger charge is -2.06. The summed E-state index contributed by atoms with van der Waals surface area (Å²) in [5, 5.41) is 0. The van der Waals surface area contributed by atoms with Crippen LogP contribution in [0.4, 0.5) is 0 Å². The van der Waals surface area contributed by atoms with Gasteiger partial charge in [0.05, 0.1) is 0 Å². The first-order valence-electron chi connectivity index (χ1n) is 5.83. The minimum absolute atomic E-state index is 0.541. The molecule has 0 atom stereocenters. The van der Waals surface area contributed by atoms with Crippen molar-refractivity contribution in [1.82, 2.24) is 0 Å². The van der Waals surface area contributed by atoms with Crippen LogP contribution in [0.5, 0.6) is 5.75 Å². The van der Waals surface area contributed by atoms with Gasteiger partial charge in [0.2, 0.25) is 0 Å². The highest BCUT2D eigenvalue weighted by Gasteiger charge is 1.96. The third-order valence-corrected chi connectivity index (χ3v) is 2.03. The summed E-state index contributed by atoms with van der Waals surface area (Å²) in [6.07, 6.45) is 7.25. The summed E-state index contributed by atoms with van der Waals surface area (Å²) in [5.74, 6) is 2.35. The quantitative estimate of drug-likeness (QED) is 0.517. The molecule has 0 N–H and O–H groups in total. The van der Waals surface area contributed by atoms with Gasteiger partial charge in [0.25, 0.3) is 0 Å². The van der Waals surface area contributed by atoms with E-state index < -0.39 is 0 Å². The molecule has 0 heterocycles. The van der Waals surface area contributed by atoms with Crippen LogP contribution in [0, 0.1) is 5.92 Å². The molecule has 1 nitrogen and oxygen atoms in total. The Bertz CT molecular complexity index is 347. The lowest BCUT2D eigenvalue weighted by Crippen LogP contribution is -1.92. The molecule has 0 radical (unpaired) electrons. The standard InChI is InChI=1S/C15H20O/c1-4-8-14(12-11-13(2)3)16-15-9-6-5-7-10-15/h5-13H,4H2,1-3H3/b12-11-,14-8+. The summed E-state index contributed by atoms with van der Waals surface area (Å²) in [6, 6.07) is 9.87. The van der Waals surface area contributed by atoms with Crippen LogP contribution in [0.25, 0.3) is 0 Å². The zero-order valence-electron chi connectivity index (χ0n) is 10.3. The van der Waals surface area contributed by atoms with Crippen LogP contribution in [0.1, 0.15) is 27.2 Å². The molecule has 0 fully saturated rings. The molecule has 1 rings (SSSR count). The molecule has 0 unspecified atom stereocenters. The average molecular weight is 216 g/mol. The molecule has 0 spiro atoms. The summed E-state index contributed by atoms with van der Waals surface area (Å²) < 4.78 is 5.78. The van der Waals surface area contributed by atoms with Crippen molar-refractivity contribution in [3.8, 4) is 5.75 Å². The van der Waals surface area contributed by atoms with E-state index in [0.717, 1.165) is 17.9 Å². The molecule has 0 aliphatic carbocycles. The van der Waals surface area contributed by atoms with Crippen LogP contribution in [-0.4, -0.2) is 0 Å². The molecule has 0 bridgehead atoms. The summed E-state index contributed by atoms with van der Waals surface area (Å²) in [5.41, 5.74) is 0. The number of hydrogen-bond donors (Lipinski definition) is 0. The minimum atomic E-state index is 0.541. The molecule has 86 valence electrons. The fraction of sp³-hybridized carbons (Fsp3) is 0.333. The second-order valence-electron chi connectivity index (χ2n) is 4.03. The van der Waals surface area contributed by atoms with E-state index in [1.807, 2.05) is 36.4 Å². The van der Waals surface area contributed by atoms with Crippen LogP contribution in [-0.2, 0) is 0 Å². The van der Waals surface area contributed by atoms with Gasteiger partial charge in [0, 0.05) is 0 Å². The fourth-order valence-corrected chi connectivity index (χ4v) is 1.26. The first-order chi connectivity index (χ1) is 7.72.